The molecular formula is C26H22F3N7O2S. The Balaban J connectivity index is 1.61. The maximum Gasteiger partial charge on any atom is 0.435 e. The molecule has 0 unspecified atom stereocenters. The molecule has 5 aromatic rings. The second-order valence-corrected chi connectivity index (χ2v) is 10.4. The number of nitrogens with one attached hydrogen (secondary N) is 1. The molecule has 0 amide bonds. The molecule has 0 aliphatic heterocycles. The van der Waals surface area contributed by atoms with E-state index in [0.29, 0.717) is 39.2 Å². The zero-order valence-corrected chi connectivity index (χ0v) is 21.3. The SMILES string of the molecule is Cc1nc2cc(-c3ccccc3S(N)(=O)=O)ccc2n1Cc1cc(C(F)(F)F)nn1-c1cccc(C(=N)N)c1. The van der Waals surface area contributed by atoms with Gasteiger partial charge in [-0.3, -0.25) is 5.41 Å². The maximum atomic E-state index is 13.6. The van der Waals surface area contributed by atoms with E-state index in [0.717, 1.165) is 6.07 Å². The lowest BCUT2D eigenvalue weighted by Gasteiger charge is -2.12. The minimum atomic E-state index is -4.67. The van der Waals surface area contributed by atoms with Gasteiger partial charge in [0.15, 0.2) is 5.69 Å². The summed E-state index contributed by atoms with van der Waals surface area (Å²) in [6.45, 7) is 1.72. The highest BCUT2D eigenvalue weighted by molar-refractivity contribution is 7.89. The Labute approximate surface area is 221 Å². The highest BCUT2D eigenvalue weighted by atomic mass is 32.2. The standard InChI is InChI=1S/C26H22F3N7O2S/c1-15-33-21-12-16(20-7-2-3-8-23(20)39(32,37)38)9-10-22(21)35(15)14-19-13-24(26(27,28)29)34-36(19)18-6-4-5-17(11-18)25(30)31/h2-13H,14H2,1H3,(H3,30,31)(H2,32,37,38). The van der Waals surface area contributed by atoms with Crippen LogP contribution in [-0.2, 0) is 22.7 Å². The average Bonchev–Trinajstić information content (AvgIpc) is 3.44. The summed E-state index contributed by atoms with van der Waals surface area (Å²) in [6, 6.07) is 18.7. The number of sulfonamides is 1. The number of nitrogens with zero attached hydrogens (tertiary/aromatic N) is 4. The molecule has 0 saturated carbocycles. The predicted molar refractivity (Wildman–Crippen MR) is 140 cm³/mol. The van der Waals surface area contributed by atoms with Crippen LogP contribution >= 0.6 is 0 Å². The van der Waals surface area contributed by atoms with Crippen molar-refractivity contribution in [2.45, 2.75) is 24.5 Å². The first-order valence-corrected chi connectivity index (χ1v) is 13.1. The van der Waals surface area contributed by atoms with Gasteiger partial charge in [0.05, 0.1) is 33.9 Å². The number of aromatic nitrogens is 4. The lowest BCUT2D eigenvalue weighted by atomic mass is 10.1. The number of nitrogens with two attached hydrogens (primary N) is 2. The number of primary sulfonamides is 1. The van der Waals surface area contributed by atoms with Gasteiger partial charge in [-0.05, 0) is 48.9 Å². The van der Waals surface area contributed by atoms with Crippen molar-refractivity contribution in [1.29, 1.82) is 5.41 Å². The van der Waals surface area contributed by atoms with Crippen LogP contribution in [-0.4, -0.2) is 33.6 Å². The van der Waals surface area contributed by atoms with Gasteiger partial charge in [0.1, 0.15) is 11.7 Å². The quantitative estimate of drug-likeness (QED) is 0.213. The largest absolute Gasteiger partial charge is 0.435 e. The fourth-order valence-corrected chi connectivity index (χ4v) is 5.19. The number of benzene rings is 3. The number of amidine groups is 1. The van der Waals surface area contributed by atoms with E-state index in [1.165, 1.54) is 16.8 Å². The maximum absolute atomic E-state index is 13.6. The van der Waals surface area contributed by atoms with Gasteiger partial charge in [-0.2, -0.15) is 18.3 Å². The van der Waals surface area contributed by atoms with Gasteiger partial charge < -0.3 is 10.3 Å². The van der Waals surface area contributed by atoms with E-state index in [2.05, 4.69) is 10.1 Å². The van der Waals surface area contributed by atoms with E-state index in [1.54, 1.807) is 66.1 Å². The molecule has 39 heavy (non-hydrogen) atoms. The van der Waals surface area contributed by atoms with Gasteiger partial charge in [0.2, 0.25) is 10.0 Å². The van der Waals surface area contributed by atoms with Crippen LogP contribution in [0.1, 0.15) is 22.8 Å². The molecule has 0 saturated heterocycles. The molecule has 5 N–H and O–H groups in total. The summed E-state index contributed by atoms with van der Waals surface area (Å²) < 4.78 is 68.0. The zero-order valence-electron chi connectivity index (χ0n) is 20.4. The summed E-state index contributed by atoms with van der Waals surface area (Å²) in [5.41, 5.74) is 7.54. The summed E-state index contributed by atoms with van der Waals surface area (Å²) >= 11 is 0. The van der Waals surface area contributed by atoms with Crippen LogP contribution in [0.15, 0.2) is 77.7 Å². The summed E-state index contributed by atoms with van der Waals surface area (Å²) in [4.78, 5) is 4.54. The third kappa shape index (κ3) is 5.01. The molecule has 9 nitrogen and oxygen atoms in total. The van der Waals surface area contributed by atoms with E-state index in [4.69, 9.17) is 16.3 Å². The van der Waals surface area contributed by atoms with Crippen molar-refractivity contribution in [3.63, 3.8) is 0 Å². The molecule has 5 rings (SSSR count). The molecule has 0 bridgehead atoms. The van der Waals surface area contributed by atoms with Crippen molar-refractivity contribution in [3.05, 3.63) is 95.6 Å². The molecule has 3 aromatic carbocycles. The average molecular weight is 554 g/mol. The third-order valence-electron chi connectivity index (χ3n) is 6.24. The lowest BCUT2D eigenvalue weighted by Crippen LogP contribution is -2.13. The summed E-state index contributed by atoms with van der Waals surface area (Å²) in [5, 5.41) is 16.9. The fourth-order valence-electron chi connectivity index (χ4n) is 4.43. The van der Waals surface area contributed by atoms with Crippen LogP contribution in [0.25, 0.3) is 27.8 Å². The van der Waals surface area contributed by atoms with Gasteiger partial charge in [-0.25, -0.2) is 23.2 Å². The Morgan fingerprint density at radius 1 is 1.03 bits per heavy atom. The minimum Gasteiger partial charge on any atom is -0.384 e. The molecule has 2 aromatic heterocycles. The summed E-state index contributed by atoms with van der Waals surface area (Å²) in [5.74, 6) is 0.304. The number of rotatable bonds is 6. The number of nitrogen functional groups attached to an aromatic ring is 1. The Morgan fingerprint density at radius 3 is 2.46 bits per heavy atom. The number of hydrogen-bond acceptors (Lipinski definition) is 5. The molecule has 200 valence electrons. The highest BCUT2D eigenvalue weighted by Crippen LogP contribution is 2.32. The van der Waals surface area contributed by atoms with Crippen molar-refractivity contribution in [1.82, 2.24) is 19.3 Å². The Hall–Kier alpha value is -4.49. The van der Waals surface area contributed by atoms with Crippen molar-refractivity contribution >= 4 is 26.9 Å². The lowest BCUT2D eigenvalue weighted by molar-refractivity contribution is -0.141. The molecule has 0 aliphatic rings. The Morgan fingerprint density at radius 2 is 1.77 bits per heavy atom. The molecule has 0 radical (unpaired) electrons. The number of alkyl halides is 3. The van der Waals surface area contributed by atoms with Crippen LogP contribution in [0.3, 0.4) is 0 Å². The Kier molecular flexibility index (Phi) is 6.27. The molecule has 0 aliphatic carbocycles. The van der Waals surface area contributed by atoms with Gasteiger partial charge in [-0.1, -0.05) is 36.4 Å². The molecule has 0 spiro atoms. The van der Waals surface area contributed by atoms with Gasteiger partial charge in [-0.15, -0.1) is 0 Å². The van der Waals surface area contributed by atoms with Crippen LogP contribution in [0, 0.1) is 12.3 Å². The first-order chi connectivity index (χ1) is 18.3. The molecule has 13 heteroatoms. The van der Waals surface area contributed by atoms with E-state index in [-0.39, 0.29) is 23.0 Å². The summed E-state index contributed by atoms with van der Waals surface area (Å²) in [7, 11) is -3.98. The molecule has 0 atom stereocenters. The smallest absolute Gasteiger partial charge is 0.384 e. The third-order valence-corrected chi connectivity index (χ3v) is 7.21. The second-order valence-electron chi connectivity index (χ2n) is 8.88. The van der Waals surface area contributed by atoms with Crippen LogP contribution < -0.4 is 10.9 Å². The first-order valence-electron chi connectivity index (χ1n) is 11.5. The zero-order chi connectivity index (χ0) is 28.1. The number of halogens is 3. The predicted octanol–water partition coefficient (Wildman–Crippen LogP) is 4.20. The van der Waals surface area contributed by atoms with Crippen LogP contribution in [0.5, 0.6) is 0 Å². The first kappa shape index (κ1) is 26.1. The topological polar surface area (TPSA) is 146 Å². The van der Waals surface area contributed by atoms with E-state index in [1.807, 2.05) is 0 Å². The minimum absolute atomic E-state index is 0.00280. The van der Waals surface area contributed by atoms with E-state index >= 15 is 0 Å². The van der Waals surface area contributed by atoms with Crippen LogP contribution in [0.2, 0.25) is 0 Å². The summed E-state index contributed by atoms with van der Waals surface area (Å²) in [6.07, 6.45) is -4.67. The second kappa shape index (κ2) is 9.36. The number of hydrogen-bond donors (Lipinski definition) is 3. The van der Waals surface area contributed by atoms with E-state index in [9.17, 15) is 21.6 Å². The molecule has 2 heterocycles. The molecule has 0 fully saturated rings. The van der Waals surface area contributed by atoms with Crippen molar-refractivity contribution in [2.24, 2.45) is 10.9 Å². The van der Waals surface area contributed by atoms with Gasteiger partial charge in [0.25, 0.3) is 0 Å². The monoisotopic (exact) mass is 553 g/mol. The van der Waals surface area contributed by atoms with Crippen molar-refractivity contribution in [3.8, 4) is 16.8 Å². The molecular weight excluding hydrogens is 531 g/mol. The van der Waals surface area contributed by atoms with Crippen molar-refractivity contribution < 1.29 is 21.6 Å². The van der Waals surface area contributed by atoms with E-state index < -0.39 is 21.9 Å². The number of imidazole rings is 1. The fraction of sp³-hybridized carbons (Fsp3) is 0.115. The normalized spacial score (nSPS) is 12.2. The Bertz CT molecular complexity index is 1860. The van der Waals surface area contributed by atoms with Gasteiger partial charge >= 0.3 is 6.18 Å². The van der Waals surface area contributed by atoms with Crippen molar-refractivity contribution in [2.75, 3.05) is 0 Å². The number of aryl methyl sites for hydroxylation is 1. The van der Waals surface area contributed by atoms with Gasteiger partial charge in [0, 0.05) is 11.1 Å². The highest BCUT2D eigenvalue weighted by Gasteiger charge is 2.35. The van der Waals surface area contributed by atoms with Crippen LogP contribution in [0.4, 0.5) is 13.2 Å². The number of fused-ring (bicyclic) bond motifs is 1.